The van der Waals surface area contributed by atoms with E-state index in [0.29, 0.717) is 6.61 Å². The molecule has 124 valence electrons. The lowest BCUT2D eigenvalue weighted by molar-refractivity contribution is -0.0817. The van der Waals surface area contributed by atoms with Crippen molar-refractivity contribution in [2.45, 2.75) is 32.6 Å². The lowest BCUT2D eigenvalue weighted by atomic mass is 10.2. The Morgan fingerprint density at radius 2 is 2.09 bits per heavy atom. The van der Waals surface area contributed by atoms with Gasteiger partial charge in [0.2, 0.25) is 0 Å². The Morgan fingerprint density at radius 1 is 1.26 bits per heavy atom. The van der Waals surface area contributed by atoms with Crippen molar-refractivity contribution >= 4 is 0 Å². The molecule has 2 aromatic rings. The summed E-state index contributed by atoms with van der Waals surface area (Å²) < 4.78 is 13.4. The number of aromatic nitrogens is 3. The molecule has 0 spiro atoms. The maximum atomic E-state index is 5.80. The molecule has 1 atom stereocenters. The fraction of sp³-hybridized carbons (Fsp3) is 0.529. The summed E-state index contributed by atoms with van der Waals surface area (Å²) in [6.07, 6.45) is 5.80. The molecule has 1 unspecified atom stereocenters. The van der Waals surface area contributed by atoms with Crippen LogP contribution in [0.1, 0.15) is 19.5 Å². The van der Waals surface area contributed by atoms with Crippen molar-refractivity contribution < 1.29 is 9.47 Å². The molecule has 0 amide bonds. The molecule has 23 heavy (non-hydrogen) atoms. The van der Waals surface area contributed by atoms with Gasteiger partial charge in [-0.25, -0.2) is 4.68 Å². The zero-order valence-electron chi connectivity index (χ0n) is 13.8. The van der Waals surface area contributed by atoms with Crippen molar-refractivity contribution in [3.05, 3.63) is 42.5 Å². The lowest BCUT2D eigenvalue weighted by Gasteiger charge is -2.33. The maximum absolute atomic E-state index is 5.80. The molecule has 6 heteroatoms. The topological polar surface area (TPSA) is 52.4 Å². The van der Waals surface area contributed by atoms with Crippen LogP contribution in [0.25, 0.3) is 5.69 Å². The van der Waals surface area contributed by atoms with E-state index in [-0.39, 0.29) is 12.2 Å². The molecule has 3 heterocycles. The van der Waals surface area contributed by atoms with E-state index in [1.807, 2.05) is 36.9 Å². The van der Waals surface area contributed by atoms with Crippen molar-refractivity contribution in [1.82, 2.24) is 19.7 Å². The zero-order valence-corrected chi connectivity index (χ0v) is 13.8. The van der Waals surface area contributed by atoms with Crippen LogP contribution in [0.15, 0.2) is 36.8 Å². The summed E-state index contributed by atoms with van der Waals surface area (Å²) in [6.45, 7) is 8.16. The number of hydrogen-bond acceptors (Lipinski definition) is 5. The molecule has 2 aromatic heterocycles. The van der Waals surface area contributed by atoms with Gasteiger partial charge in [0, 0.05) is 38.2 Å². The third-order valence-electron chi connectivity index (χ3n) is 3.85. The highest BCUT2D eigenvalue weighted by atomic mass is 16.5. The lowest BCUT2D eigenvalue weighted by Crippen LogP contribution is -2.44. The van der Waals surface area contributed by atoms with Crippen molar-refractivity contribution in [3.63, 3.8) is 0 Å². The Bertz CT molecular complexity index is 600. The zero-order chi connectivity index (χ0) is 16.1. The van der Waals surface area contributed by atoms with E-state index < -0.39 is 0 Å². The van der Waals surface area contributed by atoms with E-state index in [2.05, 4.69) is 21.0 Å². The summed E-state index contributed by atoms with van der Waals surface area (Å²) in [5, 5.41) is 4.44. The van der Waals surface area contributed by atoms with Crippen molar-refractivity contribution in [1.29, 1.82) is 0 Å². The first-order valence-electron chi connectivity index (χ1n) is 8.11. The van der Waals surface area contributed by atoms with Gasteiger partial charge in [0.25, 0.3) is 0 Å². The van der Waals surface area contributed by atoms with E-state index in [4.69, 9.17) is 9.47 Å². The number of hydrogen-bond donors (Lipinski definition) is 0. The third kappa shape index (κ3) is 4.37. The molecule has 0 aromatic carbocycles. The number of pyridine rings is 1. The normalized spacial score (nSPS) is 19.3. The second-order valence-electron chi connectivity index (χ2n) is 6.05. The predicted octanol–water partition coefficient (Wildman–Crippen LogP) is 1.89. The first-order chi connectivity index (χ1) is 11.2. The van der Waals surface area contributed by atoms with Gasteiger partial charge in [0.1, 0.15) is 0 Å². The highest BCUT2D eigenvalue weighted by molar-refractivity contribution is 5.30. The fourth-order valence-corrected chi connectivity index (χ4v) is 2.72. The average Bonchev–Trinajstić information content (AvgIpc) is 3.02. The van der Waals surface area contributed by atoms with Crippen LogP contribution in [0.5, 0.6) is 0 Å². The van der Waals surface area contributed by atoms with Crippen LogP contribution in [-0.4, -0.2) is 58.2 Å². The van der Waals surface area contributed by atoms with E-state index in [1.54, 1.807) is 12.4 Å². The molecule has 0 saturated carbocycles. The minimum atomic E-state index is 0.142. The number of rotatable bonds is 6. The molecule has 6 nitrogen and oxygen atoms in total. The molecule has 0 N–H and O–H groups in total. The molecule has 0 aliphatic carbocycles. The van der Waals surface area contributed by atoms with Crippen molar-refractivity contribution in [3.8, 4) is 5.69 Å². The fourth-order valence-electron chi connectivity index (χ4n) is 2.72. The van der Waals surface area contributed by atoms with Crippen LogP contribution in [-0.2, 0) is 16.0 Å². The third-order valence-corrected chi connectivity index (χ3v) is 3.85. The van der Waals surface area contributed by atoms with E-state index >= 15 is 0 Å². The summed E-state index contributed by atoms with van der Waals surface area (Å²) in [5.74, 6) is 0. The quantitative estimate of drug-likeness (QED) is 0.814. The molecular weight excluding hydrogens is 292 g/mol. The number of nitrogens with zero attached hydrogens (tertiary/aromatic N) is 4. The standard InChI is InChI=1S/C17H24N4O2/c1-14(2)23-13-17-12-20(9-10-22-17)11-16-5-8-19-21(16)15-3-6-18-7-4-15/h3-8,14,17H,9-13H2,1-2H3. The van der Waals surface area contributed by atoms with Gasteiger partial charge in [0.05, 0.1) is 36.8 Å². The SMILES string of the molecule is CC(C)OCC1CN(Cc2ccnn2-c2ccncc2)CCO1. The Balaban J connectivity index is 1.62. The molecule has 3 rings (SSSR count). The summed E-state index contributed by atoms with van der Waals surface area (Å²) in [5.41, 5.74) is 2.20. The molecule has 1 saturated heterocycles. The summed E-state index contributed by atoms with van der Waals surface area (Å²) in [7, 11) is 0. The van der Waals surface area contributed by atoms with Gasteiger partial charge in [-0.3, -0.25) is 9.88 Å². The Kier molecular flexibility index (Phi) is 5.38. The minimum Gasteiger partial charge on any atom is -0.376 e. The summed E-state index contributed by atoms with van der Waals surface area (Å²) in [6, 6.07) is 6.00. The van der Waals surface area contributed by atoms with Crippen LogP contribution < -0.4 is 0 Å². The van der Waals surface area contributed by atoms with Crippen molar-refractivity contribution in [2.24, 2.45) is 0 Å². The summed E-state index contributed by atoms with van der Waals surface area (Å²) in [4.78, 5) is 6.46. The van der Waals surface area contributed by atoms with E-state index in [9.17, 15) is 0 Å². The van der Waals surface area contributed by atoms with Gasteiger partial charge >= 0.3 is 0 Å². The molecular formula is C17H24N4O2. The van der Waals surface area contributed by atoms with Crippen LogP contribution >= 0.6 is 0 Å². The van der Waals surface area contributed by atoms with Crippen LogP contribution in [0.2, 0.25) is 0 Å². The number of morpholine rings is 1. The smallest absolute Gasteiger partial charge is 0.0935 e. The largest absolute Gasteiger partial charge is 0.376 e. The first kappa shape index (κ1) is 16.1. The monoisotopic (exact) mass is 316 g/mol. The molecule has 1 aliphatic heterocycles. The van der Waals surface area contributed by atoms with Crippen LogP contribution in [0.3, 0.4) is 0 Å². The summed E-state index contributed by atoms with van der Waals surface area (Å²) >= 11 is 0. The minimum absolute atomic E-state index is 0.142. The van der Waals surface area contributed by atoms with Gasteiger partial charge in [-0.15, -0.1) is 0 Å². The van der Waals surface area contributed by atoms with E-state index in [1.165, 1.54) is 5.69 Å². The Morgan fingerprint density at radius 3 is 2.87 bits per heavy atom. The predicted molar refractivity (Wildman–Crippen MR) is 87.5 cm³/mol. The Labute approximate surface area is 137 Å². The van der Waals surface area contributed by atoms with Gasteiger partial charge in [-0.2, -0.15) is 5.10 Å². The van der Waals surface area contributed by atoms with Crippen LogP contribution in [0.4, 0.5) is 0 Å². The Hall–Kier alpha value is -1.76. The highest BCUT2D eigenvalue weighted by Gasteiger charge is 2.22. The molecule has 1 fully saturated rings. The van der Waals surface area contributed by atoms with Crippen LogP contribution in [0, 0.1) is 0 Å². The van der Waals surface area contributed by atoms with Gasteiger partial charge in [0.15, 0.2) is 0 Å². The number of ether oxygens (including phenoxy) is 2. The van der Waals surface area contributed by atoms with Gasteiger partial charge in [-0.1, -0.05) is 0 Å². The first-order valence-corrected chi connectivity index (χ1v) is 8.11. The van der Waals surface area contributed by atoms with E-state index in [0.717, 1.165) is 31.9 Å². The average molecular weight is 316 g/mol. The molecule has 0 radical (unpaired) electrons. The second kappa shape index (κ2) is 7.68. The van der Waals surface area contributed by atoms with Gasteiger partial charge < -0.3 is 9.47 Å². The van der Waals surface area contributed by atoms with Gasteiger partial charge in [-0.05, 0) is 32.0 Å². The molecule has 1 aliphatic rings. The second-order valence-corrected chi connectivity index (χ2v) is 6.05. The van der Waals surface area contributed by atoms with Crippen molar-refractivity contribution in [2.75, 3.05) is 26.3 Å². The molecule has 0 bridgehead atoms. The maximum Gasteiger partial charge on any atom is 0.0935 e. The highest BCUT2D eigenvalue weighted by Crippen LogP contribution is 2.14.